The lowest BCUT2D eigenvalue weighted by molar-refractivity contribution is -0.527. The summed E-state index contributed by atoms with van der Waals surface area (Å²) in [5.41, 5.74) is 0.800. The number of hydrogen-bond acceptors (Lipinski definition) is 7. The third kappa shape index (κ3) is 5.40. The van der Waals surface area contributed by atoms with Crippen LogP contribution in [0.4, 0.5) is 0 Å². The molecule has 0 aromatic heterocycles. The molecule has 0 N–H and O–H groups in total. The minimum atomic E-state index is -0.522. The molecule has 2 rings (SSSR count). The molecule has 1 amide bonds. The maximum absolute atomic E-state index is 11.9. The van der Waals surface area contributed by atoms with Crippen molar-refractivity contribution in [2.45, 2.75) is 64.5 Å². The van der Waals surface area contributed by atoms with Gasteiger partial charge in [0, 0.05) is 43.2 Å². The Morgan fingerprint density at radius 2 is 2.08 bits per heavy atom. The summed E-state index contributed by atoms with van der Waals surface area (Å²) >= 11 is 0. The largest absolute Gasteiger partial charge is 0.455 e. The quantitative estimate of drug-likeness (QED) is 0.366. The molecule has 0 saturated heterocycles. The van der Waals surface area contributed by atoms with Crippen LogP contribution in [0.2, 0.25) is 0 Å². The predicted molar refractivity (Wildman–Crippen MR) is 93.2 cm³/mol. The van der Waals surface area contributed by atoms with Gasteiger partial charge in [-0.25, -0.2) is 0 Å². The average Bonchev–Trinajstić information content (AvgIpc) is 3.09. The van der Waals surface area contributed by atoms with Crippen LogP contribution in [0.5, 0.6) is 0 Å². The molecule has 9 heteroatoms. The average molecular weight is 369 g/mol. The van der Waals surface area contributed by atoms with Gasteiger partial charge in [0.05, 0.1) is 12.1 Å². The maximum Gasteiger partial charge on any atom is 0.310 e. The summed E-state index contributed by atoms with van der Waals surface area (Å²) in [6, 6.07) is -0.522. The van der Waals surface area contributed by atoms with Gasteiger partial charge in [-0.1, -0.05) is 5.16 Å². The van der Waals surface area contributed by atoms with Crippen LogP contribution in [-0.2, 0) is 19.2 Å². The number of nitrogens with zero attached hydrogens (tertiary/aromatic N) is 3. The minimum absolute atomic E-state index is 0.0178. The number of carbonyl (C=O) groups excluding carboxylic acids is 2. The van der Waals surface area contributed by atoms with Gasteiger partial charge in [-0.2, -0.15) is 0 Å². The third-order valence-corrected chi connectivity index (χ3v) is 5.04. The van der Waals surface area contributed by atoms with Gasteiger partial charge in [-0.3, -0.25) is 19.7 Å². The summed E-state index contributed by atoms with van der Waals surface area (Å²) < 4.78 is 5.03. The molecule has 26 heavy (non-hydrogen) atoms. The van der Waals surface area contributed by atoms with Gasteiger partial charge >= 0.3 is 5.97 Å². The number of likely N-dealkylation sites (N-methyl/N-ethyl adjacent to an activating group) is 1. The van der Waals surface area contributed by atoms with Gasteiger partial charge in [-0.15, -0.1) is 0 Å². The minimum Gasteiger partial charge on any atom is -0.455 e. The van der Waals surface area contributed by atoms with Crippen LogP contribution in [-0.4, -0.2) is 59.3 Å². The summed E-state index contributed by atoms with van der Waals surface area (Å²) in [6.07, 6.45) is 2.83. The highest BCUT2D eigenvalue weighted by Crippen LogP contribution is 2.31. The summed E-state index contributed by atoms with van der Waals surface area (Å²) in [4.78, 5) is 41.4. The Balaban J connectivity index is 1.73. The van der Waals surface area contributed by atoms with Crippen molar-refractivity contribution >= 4 is 17.6 Å². The molecule has 1 saturated carbocycles. The van der Waals surface area contributed by atoms with Crippen molar-refractivity contribution in [3.63, 3.8) is 0 Å². The molecule has 3 atom stereocenters. The second-order valence-corrected chi connectivity index (χ2v) is 6.75. The molecule has 9 nitrogen and oxygen atoms in total. The Morgan fingerprint density at radius 3 is 2.73 bits per heavy atom. The Morgan fingerprint density at radius 1 is 1.35 bits per heavy atom. The van der Waals surface area contributed by atoms with Crippen molar-refractivity contribution in [2.75, 3.05) is 19.7 Å². The highest BCUT2D eigenvalue weighted by molar-refractivity contribution is 5.88. The monoisotopic (exact) mass is 369 g/mol. The number of nitro groups is 1. The van der Waals surface area contributed by atoms with E-state index >= 15 is 0 Å². The first-order valence-corrected chi connectivity index (χ1v) is 9.24. The summed E-state index contributed by atoms with van der Waals surface area (Å²) in [5, 5.41) is 15.0. The van der Waals surface area contributed by atoms with Gasteiger partial charge in [0.15, 0.2) is 6.61 Å². The van der Waals surface area contributed by atoms with Gasteiger partial charge in [0.25, 0.3) is 5.91 Å². The number of hydrogen-bond donors (Lipinski definition) is 0. The van der Waals surface area contributed by atoms with Crippen LogP contribution in [0.1, 0.15) is 52.4 Å². The molecule has 1 fully saturated rings. The fourth-order valence-corrected chi connectivity index (χ4v) is 3.51. The molecule has 0 aromatic rings. The second-order valence-electron chi connectivity index (χ2n) is 6.75. The zero-order valence-electron chi connectivity index (χ0n) is 15.4. The zero-order chi connectivity index (χ0) is 19.1. The van der Waals surface area contributed by atoms with Crippen LogP contribution in [0.25, 0.3) is 0 Å². The zero-order valence-corrected chi connectivity index (χ0v) is 15.4. The number of ether oxygens (including phenoxy) is 1. The Labute approximate surface area is 152 Å². The lowest BCUT2D eigenvalue weighted by atomic mass is 9.81. The van der Waals surface area contributed by atoms with E-state index in [0.29, 0.717) is 32.4 Å². The van der Waals surface area contributed by atoms with Crippen LogP contribution in [0, 0.1) is 16.0 Å². The fourth-order valence-electron chi connectivity index (χ4n) is 3.51. The predicted octanol–water partition coefficient (Wildman–Crippen LogP) is 1.77. The summed E-state index contributed by atoms with van der Waals surface area (Å²) in [5.74, 6) is -0.677. The van der Waals surface area contributed by atoms with E-state index in [4.69, 9.17) is 9.57 Å². The van der Waals surface area contributed by atoms with E-state index < -0.39 is 18.1 Å². The van der Waals surface area contributed by atoms with E-state index in [-0.39, 0.29) is 29.8 Å². The van der Waals surface area contributed by atoms with Crippen molar-refractivity contribution in [1.82, 2.24) is 4.90 Å². The third-order valence-electron chi connectivity index (χ3n) is 5.04. The number of oxime groups is 1. The first kappa shape index (κ1) is 20.1. The van der Waals surface area contributed by atoms with Gasteiger partial charge < -0.3 is 14.5 Å². The second kappa shape index (κ2) is 9.49. The molecule has 0 aromatic carbocycles. The lowest BCUT2D eigenvalue weighted by Gasteiger charge is -2.23. The SMILES string of the molecule is CCN(CC)C(=O)COC(=O)CC1CC(C2CCCC([N+](=O)[O-])C2)=NO1. The normalized spacial score (nSPS) is 25.2. The van der Waals surface area contributed by atoms with Crippen molar-refractivity contribution < 1.29 is 24.1 Å². The van der Waals surface area contributed by atoms with E-state index in [9.17, 15) is 19.7 Å². The van der Waals surface area contributed by atoms with E-state index in [1.807, 2.05) is 13.8 Å². The number of carbonyl (C=O) groups is 2. The molecule has 0 radical (unpaired) electrons. The first-order chi connectivity index (χ1) is 12.4. The number of esters is 1. The fraction of sp³-hybridized carbons (Fsp3) is 0.824. The number of rotatable bonds is 8. The van der Waals surface area contributed by atoms with Crippen LogP contribution >= 0.6 is 0 Å². The van der Waals surface area contributed by atoms with Crippen molar-refractivity contribution in [1.29, 1.82) is 0 Å². The standard InChI is InChI=1S/C17H27N3O6/c1-3-19(4-2)16(21)11-25-17(22)10-14-9-15(18-26-14)12-6-5-7-13(8-12)20(23)24/h12-14H,3-11H2,1-2H3. The summed E-state index contributed by atoms with van der Waals surface area (Å²) in [7, 11) is 0. The topological polar surface area (TPSA) is 111 Å². The smallest absolute Gasteiger partial charge is 0.310 e. The van der Waals surface area contributed by atoms with Crippen molar-refractivity contribution in [2.24, 2.45) is 11.1 Å². The lowest BCUT2D eigenvalue weighted by Crippen LogP contribution is -2.34. The molecule has 0 bridgehead atoms. The van der Waals surface area contributed by atoms with Crippen LogP contribution < -0.4 is 0 Å². The highest BCUT2D eigenvalue weighted by atomic mass is 16.6. The molecule has 3 unspecified atom stereocenters. The molecular formula is C17H27N3O6. The van der Waals surface area contributed by atoms with E-state index in [2.05, 4.69) is 5.16 Å². The van der Waals surface area contributed by atoms with Crippen LogP contribution in [0.3, 0.4) is 0 Å². The van der Waals surface area contributed by atoms with Gasteiger partial charge in [0.1, 0.15) is 6.10 Å². The molecule has 1 aliphatic carbocycles. The Bertz CT molecular complexity index is 561. The molecule has 2 aliphatic rings. The van der Waals surface area contributed by atoms with E-state index in [1.165, 1.54) is 0 Å². The van der Waals surface area contributed by atoms with E-state index in [1.54, 1.807) is 4.90 Å². The summed E-state index contributed by atoms with van der Waals surface area (Å²) in [6.45, 7) is 4.60. The number of amides is 1. The molecule has 1 aliphatic heterocycles. The maximum atomic E-state index is 11.9. The molecule has 146 valence electrons. The molecule has 1 heterocycles. The van der Waals surface area contributed by atoms with Crippen LogP contribution in [0.15, 0.2) is 5.16 Å². The Hall–Kier alpha value is -2.19. The molecule has 0 spiro atoms. The van der Waals surface area contributed by atoms with Crippen molar-refractivity contribution in [3.05, 3.63) is 10.1 Å². The first-order valence-electron chi connectivity index (χ1n) is 9.24. The van der Waals surface area contributed by atoms with Gasteiger partial charge in [-0.05, 0) is 26.7 Å². The Kier molecular flexibility index (Phi) is 7.35. The van der Waals surface area contributed by atoms with E-state index in [0.717, 1.165) is 18.6 Å². The van der Waals surface area contributed by atoms with Crippen molar-refractivity contribution in [3.8, 4) is 0 Å². The highest BCUT2D eigenvalue weighted by Gasteiger charge is 2.36. The molecular weight excluding hydrogens is 342 g/mol. The van der Waals surface area contributed by atoms with Gasteiger partial charge in [0.2, 0.25) is 6.04 Å².